The van der Waals surface area contributed by atoms with Gasteiger partial charge in [-0.15, -0.1) is 0 Å². The van der Waals surface area contributed by atoms with Crippen LogP contribution in [0.2, 0.25) is 0 Å². The second-order valence-corrected chi connectivity index (χ2v) is 5.64. The fraction of sp³-hybridized carbons (Fsp3) is 1.00. The van der Waals surface area contributed by atoms with E-state index in [2.05, 4.69) is 37.8 Å². The summed E-state index contributed by atoms with van der Waals surface area (Å²) in [5.74, 6) is 4.53. The van der Waals surface area contributed by atoms with Gasteiger partial charge < -0.3 is 5.32 Å². The third-order valence-electron chi connectivity index (χ3n) is 3.36. The molecule has 84 valence electrons. The minimum atomic E-state index is 0.773. The second kappa shape index (κ2) is 6.73. The molecular weight excluding hydrogens is 190 g/mol. The molecule has 0 aromatic rings. The fourth-order valence-corrected chi connectivity index (χ4v) is 3.55. The molecule has 3 unspecified atom stereocenters. The van der Waals surface area contributed by atoms with Crippen molar-refractivity contribution in [3.8, 4) is 0 Å². The van der Waals surface area contributed by atoms with E-state index >= 15 is 0 Å². The summed E-state index contributed by atoms with van der Waals surface area (Å²) in [7, 11) is 0. The third-order valence-corrected chi connectivity index (χ3v) is 4.55. The highest BCUT2D eigenvalue weighted by atomic mass is 32.2. The van der Waals surface area contributed by atoms with Crippen LogP contribution in [0, 0.1) is 11.8 Å². The summed E-state index contributed by atoms with van der Waals surface area (Å²) >= 11 is 2.13. The van der Waals surface area contributed by atoms with E-state index < -0.39 is 0 Å². The van der Waals surface area contributed by atoms with Gasteiger partial charge in [0, 0.05) is 6.04 Å². The van der Waals surface area contributed by atoms with Gasteiger partial charge in [-0.1, -0.05) is 27.2 Å². The molecule has 2 heteroatoms. The van der Waals surface area contributed by atoms with Crippen LogP contribution in [0.4, 0.5) is 0 Å². The van der Waals surface area contributed by atoms with E-state index in [0.717, 1.165) is 17.9 Å². The molecule has 0 aromatic carbocycles. The van der Waals surface area contributed by atoms with Crippen LogP contribution in [0.1, 0.15) is 40.0 Å². The van der Waals surface area contributed by atoms with Gasteiger partial charge in [0.2, 0.25) is 0 Å². The molecule has 0 radical (unpaired) electrons. The zero-order valence-electron chi connectivity index (χ0n) is 9.88. The van der Waals surface area contributed by atoms with Gasteiger partial charge in [0.1, 0.15) is 0 Å². The fourth-order valence-electron chi connectivity index (χ4n) is 2.23. The average molecular weight is 215 g/mol. The first kappa shape index (κ1) is 12.4. The predicted octanol–water partition coefficient (Wildman–Crippen LogP) is 3.15. The van der Waals surface area contributed by atoms with Crippen LogP contribution in [0.25, 0.3) is 0 Å². The Balaban J connectivity index is 2.42. The number of rotatable bonds is 6. The molecular formula is C12H25NS. The van der Waals surface area contributed by atoms with Crippen LogP contribution in [-0.2, 0) is 0 Å². The molecule has 1 aliphatic rings. The Morgan fingerprint density at radius 2 is 2.21 bits per heavy atom. The molecule has 1 saturated heterocycles. The molecule has 1 nitrogen and oxygen atoms in total. The normalized spacial score (nSPS) is 26.4. The molecule has 14 heavy (non-hydrogen) atoms. The van der Waals surface area contributed by atoms with E-state index in [0.29, 0.717) is 0 Å². The van der Waals surface area contributed by atoms with E-state index in [1.807, 2.05) is 0 Å². The maximum atomic E-state index is 3.75. The Bertz CT molecular complexity index is 143. The summed E-state index contributed by atoms with van der Waals surface area (Å²) in [5, 5.41) is 3.75. The van der Waals surface area contributed by atoms with Crippen LogP contribution >= 0.6 is 11.8 Å². The van der Waals surface area contributed by atoms with E-state index in [4.69, 9.17) is 0 Å². The van der Waals surface area contributed by atoms with Crippen LogP contribution in [-0.4, -0.2) is 24.1 Å². The van der Waals surface area contributed by atoms with Gasteiger partial charge >= 0.3 is 0 Å². The summed E-state index contributed by atoms with van der Waals surface area (Å²) in [4.78, 5) is 0. The summed E-state index contributed by atoms with van der Waals surface area (Å²) in [5.41, 5.74) is 0. The van der Waals surface area contributed by atoms with Crippen molar-refractivity contribution in [3.05, 3.63) is 0 Å². The van der Waals surface area contributed by atoms with Crippen molar-refractivity contribution in [2.45, 2.75) is 46.1 Å². The molecule has 1 fully saturated rings. The Hall–Kier alpha value is 0.310. The van der Waals surface area contributed by atoms with Crippen LogP contribution in [0.15, 0.2) is 0 Å². The molecule has 0 amide bonds. The van der Waals surface area contributed by atoms with Crippen molar-refractivity contribution >= 4 is 11.8 Å². The van der Waals surface area contributed by atoms with Gasteiger partial charge in [-0.2, -0.15) is 11.8 Å². The zero-order chi connectivity index (χ0) is 10.4. The van der Waals surface area contributed by atoms with E-state index in [1.54, 1.807) is 0 Å². The Labute approximate surface area is 93.4 Å². The van der Waals surface area contributed by atoms with Crippen molar-refractivity contribution in [1.29, 1.82) is 0 Å². The van der Waals surface area contributed by atoms with Crippen LogP contribution < -0.4 is 5.32 Å². The highest BCUT2D eigenvalue weighted by Gasteiger charge is 2.27. The predicted molar refractivity (Wildman–Crippen MR) is 67.0 cm³/mol. The molecule has 0 spiro atoms. The van der Waals surface area contributed by atoms with Crippen LogP contribution in [0.3, 0.4) is 0 Å². The first-order chi connectivity index (χ1) is 6.79. The standard InChI is InChI=1S/C12H25NS/c1-4-7-13-12(10(3)5-2)11-6-8-14-9-11/h10-13H,4-9H2,1-3H3. The molecule has 1 aliphatic heterocycles. The Morgan fingerprint density at radius 3 is 2.71 bits per heavy atom. The van der Waals surface area contributed by atoms with E-state index in [-0.39, 0.29) is 0 Å². The van der Waals surface area contributed by atoms with Crippen LogP contribution in [0.5, 0.6) is 0 Å². The number of hydrogen-bond acceptors (Lipinski definition) is 2. The first-order valence-electron chi connectivity index (χ1n) is 6.10. The van der Waals surface area contributed by atoms with Gasteiger partial charge in [0.05, 0.1) is 0 Å². The van der Waals surface area contributed by atoms with E-state index in [9.17, 15) is 0 Å². The van der Waals surface area contributed by atoms with Crippen molar-refractivity contribution in [3.63, 3.8) is 0 Å². The highest BCUT2D eigenvalue weighted by molar-refractivity contribution is 7.99. The lowest BCUT2D eigenvalue weighted by molar-refractivity contribution is 0.282. The molecule has 0 aromatic heterocycles. The second-order valence-electron chi connectivity index (χ2n) is 4.49. The van der Waals surface area contributed by atoms with Gasteiger partial charge in [0.25, 0.3) is 0 Å². The van der Waals surface area contributed by atoms with Gasteiger partial charge in [-0.05, 0) is 42.7 Å². The monoisotopic (exact) mass is 215 g/mol. The summed E-state index contributed by atoms with van der Waals surface area (Å²) in [6, 6.07) is 0.773. The quantitative estimate of drug-likeness (QED) is 0.730. The lowest BCUT2D eigenvalue weighted by Crippen LogP contribution is -2.41. The van der Waals surface area contributed by atoms with Crippen molar-refractivity contribution in [2.24, 2.45) is 11.8 Å². The van der Waals surface area contributed by atoms with Gasteiger partial charge in [0.15, 0.2) is 0 Å². The lowest BCUT2D eigenvalue weighted by Gasteiger charge is -2.29. The van der Waals surface area contributed by atoms with Crippen molar-refractivity contribution in [2.75, 3.05) is 18.1 Å². The maximum absolute atomic E-state index is 3.75. The average Bonchev–Trinajstić information content (AvgIpc) is 2.71. The molecule has 1 N–H and O–H groups in total. The van der Waals surface area contributed by atoms with Gasteiger partial charge in [-0.3, -0.25) is 0 Å². The minimum absolute atomic E-state index is 0.773. The minimum Gasteiger partial charge on any atom is -0.313 e. The van der Waals surface area contributed by atoms with Crippen molar-refractivity contribution in [1.82, 2.24) is 5.32 Å². The molecule has 1 rings (SSSR count). The number of hydrogen-bond donors (Lipinski definition) is 1. The van der Waals surface area contributed by atoms with E-state index in [1.165, 1.54) is 37.3 Å². The lowest BCUT2D eigenvalue weighted by atomic mass is 9.87. The maximum Gasteiger partial charge on any atom is 0.0129 e. The number of nitrogens with one attached hydrogen (secondary N) is 1. The summed E-state index contributed by atoms with van der Waals surface area (Å²) < 4.78 is 0. The van der Waals surface area contributed by atoms with Crippen molar-refractivity contribution < 1.29 is 0 Å². The van der Waals surface area contributed by atoms with Gasteiger partial charge in [-0.25, -0.2) is 0 Å². The molecule has 0 saturated carbocycles. The highest BCUT2D eigenvalue weighted by Crippen LogP contribution is 2.30. The summed E-state index contributed by atoms with van der Waals surface area (Å²) in [6.45, 7) is 8.16. The third kappa shape index (κ3) is 3.47. The smallest absolute Gasteiger partial charge is 0.0129 e. The topological polar surface area (TPSA) is 12.0 Å². The molecule has 1 heterocycles. The Morgan fingerprint density at radius 1 is 1.43 bits per heavy atom. The zero-order valence-corrected chi connectivity index (χ0v) is 10.7. The first-order valence-corrected chi connectivity index (χ1v) is 7.26. The molecule has 0 bridgehead atoms. The Kier molecular flexibility index (Phi) is 5.95. The molecule has 0 aliphatic carbocycles. The largest absolute Gasteiger partial charge is 0.313 e. The summed E-state index contributed by atoms with van der Waals surface area (Å²) in [6.07, 6.45) is 3.99. The molecule has 3 atom stereocenters. The SMILES string of the molecule is CCCNC(C(C)CC)C1CCSC1. The number of thioether (sulfide) groups is 1.